The van der Waals surface area contributed by atoms with E-state index >= 15 is 0 Å². The highest BCUT2D eigenvalue weighted by Crippen LogP contribution is 2.18. The molecule has 2 aromatic rings. The van der Waals surface area contributed by atoms with Crippen LogP contribution in [0.4, 0.5) is 5.69 Å². The van der Waals surface area contributed by atoms with Crippen molar-refractivity contribution >= 4 is 21.4 Å². The number of hydrogen-bond donors (Lipinski definition) is 1. The van der Waals surface area contributed by atoms with E-state index in [-0.39, 0.29) is 23.2 Å². The second-order valence-electron chi connectivity index (χ2n) is 5.58. The third kappa shape index (κ3) is 5.77. The van der Waals surface area contributed by atoms with Gasteiger partial charge in [-0.1, -0.05) is 13.8 Å². The van der Waals surface area contributed by atoms with Gasteiger partial charge in [0.25, 0.3) is 5.91 Å². The first-order chi connectivity index (χ1) is 12.4. The number of benzene rings is 2. The van der Waals surface area contributed by atoms with Crippen molar-refractivity contribution in [3.63, 3.8) is 0 Å². The van der Waals surface area contributed by atoms with E-state index in [0.717, 1.165) is 12.2 Å². The van der Waals surface area contributed by atoms with Crippen LogP contribution >= 0.6 is 0 Å². The maximum absolute atomic E-state index is 12.0. The third-order valence-electron chi connectivity index (χ3n) is 3.54. The highest BCUT2D eigenvalue weighted by Gasteiger charge is 2.11. The first kappa shape index (κ1) is 19.8. The van der Waals surface area contributed by atoms with Crippen LogP contribution in [-0.4, -0.2) is 33.3 Å². The van der Waals surface area contributed by atoms with Crippen molar-refractivity contribution in [1.82, 2.24) is 0 Å². The Bertz CT molecular complexity index is 814. The fraction of sp³-hybridized carbons (Fsp3) is 0.316. The number of ether oxygens (including phenoxy) is 2. The molecule has 0 heterocycles. The quantitative estimate of drug-likeness (QED) is 0.725. The van der Waals surface area contributed by atoms with Gasteiger partial charge in [0.2, 0.25) is 0 Å². The lowest BCUT2D eigenvalue weighted by Gasteiger charge is -2.09. The van der Waals surface area contributed by atoms with Gasteiger partial charge in [0, 0.05) is 5.69 Å². The molecular formula is C19H23NO5S. The van der Waals surface area contributed by atoms with Crippen molar-refractivity contribution in [3.05, 3.63) is 48.5 Å². The summed E-state index contributed by atoms with van der Waals surface area (Å²) in [5.41, 5.74) is 0.511. The van der Waals surface area contributed by atoms with E-state index in [4.69, 9.17) is 9.47 Å². The van der Waals surface area contributed by atoms with Gasteiger partial charge in [0.15, 0.2) is 16.4 Å². The van der Waals surface area contributed by atoms with Crippen LogP contribution in [0.1, 0.15) is 20.3 Å². The molecule has 6 nitrogen and oxygen atoms in total. The Hall–Kier alpha value is -2.54. The Morgan fingerprint density at radius 3 is 2.04 bits per heavy atom. The van der Waals surface area contributed by atoms with E-state index in [0.29, 0.717) is 18.0 Å². The first-order valence-corrected chi connectivity index (χ1v) is 10.1. The van der Waals surface area contributed by atoms with Gasteiger partial charge in [-0.3, -0.25) is 4.79 Å². The molecule has 0 aromatic heterocycles. The normalized spacial score (nSPS) is 11.0. The van der Waals surface area contributed by atoms with E-state index in [1.54, 1.807) is 43.3 Å². The van der Waals surface area contributed by atoms with Gasteiger partial charge >= 0.3 is 0 Å². The van der Waals surface area contributed by atoms with Crippen molar-refractivity contribution in [2.75, 3.05) is 24.3 Å². The van der Waals surface area contributed by atoms with Crippen LogP contribution in [0.5, 0.6) is 11.5 Å². The standard InChI is InChI=1S/C19H23NO5S/c1-3-13-24-16-7-9-17(10-8-16)25-14-19(21)20-15-5-11-18(12-6-15)26(22,23)4-2/h5-12H,3-4,13-14H2,1-2H3,(H,20,21). The second kappa shape index (κ2) is 9.24. The lowest BCUT2D eigenvalue weighted by atomic mass is 10.3. The molecule has 2 rings (SSSR count). The number of sulfone groups is 1. The SMILES string of the molecule is CCCOc1ccc(OCC(=O)Nc2ccc(S(=O)(=O)CC)cc2)cc1. The third-order valence-corrected chi connectivity index (χ3v) is 5.29. The van der Waals surface area contributed by atoms with Crippen molar-refractivity contribution in [2.24, 2.45) is 0 Å². The number of hydrogen-bond acceptors (Lipinski definition) is 5. The Labute approximate surface area is 154 Å². The molecule has 0 bridgehead atoms. The maximum Gasteiger partial charge on any atom is 0.262 e. The van der Waals surface area contributed by atoms with Gasteiger partial charge in [-0.05, 0) is 55.0 Å². The zero-order valence-electron chi connectivity index (χ0n) is 14.9. The molecule has 2 aromatic carbocycles. The average Bonchev–Trinajstić information content (AvgIpc) is 2.66. The molecule has 1 amide bonds. The Balaban J connectivity index is 1.85. The zero-order chi connectivity index (χ0) is 19.0. The van der Waals surface area contributed by atoms with Gasteiger partial charge < -0.3 is 14.8 Å². The van der Waals surface area contributed by atoms with Gasteiger partial charge in [-0.25, -0.2) is 8.42 Å². The molecule has 140 valence electrons. The Kier molecular flexibility index (Phi) is 7.03. The molecule has 0 saturated heterocycles. The first-order valence-electron chi connectivity index (χ1n) is 8.43. The monoisotopic (exact) mass is 377 g/mol. The molecule has 0 unspecified atom stereocenters. The Morgan fingerprint density at radius 1 is 0.923 bits per heavy atom. The average molecular weight is 377 g/mol. The molecule has 0 aliphatic carbocycles. The molecule has 0 atom stereocenters. The number of carbonyl (C=O) groups is 1. The summed E-state index contributed by atoms with van der Waals surface area (Å²) < 4.78 is 34.4. The van der Waals surface area contributed by atoms with Crippen molar-refractivity contribution in [1.29, 1.82) is 0 Å². The molecule has 0 saturated carbocycles. The van der Waals surface area contributed by atoms with E-state index in [1.165, 1.54) is 12.1 Å². The highest BCUT2D eigenvalue weighted by molar-refractivity contribution is 7.91. The van der Waals surface area contributed by atoms with Crippen LogP contribution in [0, 0.1) is 0 Å². The van der Waals surface area contributed by atoms with Crippen molar-refractivity contribution < 1.29 is 22.7 Å². The van der Waals surface area contributed by atoms with Crippen LogP contribution in [0.25, 0.3) is 0 Å². The van der Waals surface area contributed by atoms with E-state index in [9.17, 15) is 13.2 Å². The molecule has 1 N–H and O–H groups in total. The number of nitrogens with one attached hydrogen (secondary N) is 1. The molecule has 0 aliphatic rings. The van der Waals surface area contributed by atoms with Crippen molar-refractivity contribution in [3.8, 4) is 11.5 Å². The minimum Gasteiger partial charge on any atom is -0.494 e. The number of anilines is 1. The minimum atomic E-state index is -3.25. The number of carbonyl (C=O) groups excluding carboxylic acids is 1. The molecule has 0 aliphatic heterocycles. The number of amides is 1. The lowest BCUT2D eigenvalue weighted by Crippen LogP contribution is -2.20. The summed E-state index contributed by atoms with van der Waals surface area (Å²) >= 11 is 0. The van der Waals surface area contributed by atoms with Crippen LogP contribution in [0.3, 0.4) is 0 Å². The van der Waals surface area contributed by atoms with Gasteiger partial charge in [-0.15, -0.1) is 0 Å². The van der Waals surface area contributed by atoms with Crippen LogP contribution in [0.2, 0.25) is 0 Å². The highest BCUT2D eigenvalue weighted by atomic mass is 32.2. The summed E-state index contributed by atoms with van der Waals surface area (Å²) in [5.74, 6) is 1.02. The topological polar surface area (TPSA) is 81.7 Å². The fourth-order valence-electron chi connectivity index (χ4n) is 2.11. The predicted molar refractivity (Wildman–Crippen MR) is 101 cm³/mol. The largest absolute Gasteiger partial charge is 0.494 e. The lowest BCUT2D eigenvalue weighted by molar-refractivity contribution is -0.118. The van der Waals surface area contributed by atoms with Gasteiger partial charge in [0.05, 0.1) is 17.3 Å². The molecule has 0 radical (unpaired) electrons. The second-order valence-corrected chi connectivity index (χ2v) is 7.86. The minimum absolute atomic E-state index is 0.0365. The van der Waals surface area contributed by atoms with Crippen LogP contribution in [-0.2, 0) is 14.6 Å². The molecule has 0 fully saturated rings. The van der Waals surface area contributed by atoms with E-state index in [1.807, 2.05) is 6.92 Å². The van der Waals surface area contributed by atoms with Gasteiger partial charge in [0.1, 0.15) is 11.5 Å². The summed E-state index contributed by atoms with van der Waals surface area (Å²) in [6.45, 7) is 4.13. The van der Waals surface area contributed by atoms with Crippen molar-refractivity contribution in [2.45, 2.75) is 25.2 Å². The summed E-state index contributed by atoms with van der Waals surface area (Å²) in [5, 5.41) is 2.66. The molecule has 7 heteroatoms. The van der Waals surface area contributed by atoms with E-state index < -0.39 is 9.84 Å². The molecule has 0 spiro atoms. The summed E-state index contributed by atoms with van der Waals surface area (Å²) in [6.07, 6.45) is 0.934. The van der Waals surface area contributed by atoms with E-state index in [2.05, 4.69) is 5.32 Å². The van der Waals surface area contributed by atoms with Crippen LogP contribution < -0.4 is 14.8 Å². The summed E-state index contributed by atoms with van der Waals surface area (Å²) in [7, 11) is -3.25. The Morgan fingerprint density at radius 2 is 1.50 bits per heavy atom. The summed E-state index contributed by atoms with van der Waals surface area (Å²) in [6, 6.07) is 13.1. The summed E-state index contributed by atoms with van der Waals surface area (Å²) in [4.78, 5) is 12.2. The maximum atomic E-state index is 12.0. The van der Waals surface area contributed by atoms with Crippen LogP contribution in [0.15, 0.2) is 53.4 Å². The zero-order valence-corrected chi connectivity index (χ0v) is 15.7. The fourth-order valence-corrected chi connectivity index (χ4v) is 2.99. The number of rotatable bonds is 9. The molecule has 26 heavy (non-hydrogen) atoms. The smallest absolute Gasteiger partial charge is 0.262 e. The van der Waals surface area contributed by atoms with Gasteiger partial charge in [-0.2, -0.15) is 0 Å². The molecular weight excluding hydrogens is 354 g/mol. The predicted octanol–water partition coefficient (Wildman–Crippen LogP) is 3.29.